The van der Waals surface area contributed by atoms with Crippen LogP contribution in [0.4, 0.5) is 5.69 Å². The van der Waals surface area contributed by atoms with Crippen LogP contribution in [-0.4, -0.2) is 15.0 Å². The van der Waals surface area contributed by atoms with Gasteiger partial charge in [-0.15, -0.1) is 0 Å². The zero-order chi connectivity index (χ0) is 11.0. The number of non-ortho nitro benzene ring substituents is 1. The summed E-state index contributed by atoms with van der Waals surface area (Å²) in [5, 5.41) is 20.9. The Balaban J connectivity index is 2.74. The molecule has 0 radical (unpaired) electrons. The summed E-state index contributed by atoms with van der Waals surface area (Å²) >= 11 is 0. The lowest BCUT2D eigenvalue weighted by Gasteiger charge is -2.00. The van der Waals surface area contributed by atoms with Gasteiger partial charge in [-0.2, -0.15) is 0 Å². The predicted molar refractivity (Wildman–Crippen MR) is 55.6 cm³/mol. The molecule has 0 bridgehead atoms. The van der Waals surface area contributed by atoms with Crippen LogP contribution in [0.3, 0.4) is 0 Å². The second-order valence-corrected chi connectivity index (χ2v) is 3.38. The molecule has 0 spiro atoms. The Kier molecular flexibility index (Phi) is 2.17. The number of fused-ring (bicyclic) bond motifs is 1. The maximum Gasteiger partial charge on any atom is 0.293 e. The fourth-order valence-corrected chi connectivity index (χ4v) is 1.66. The van der Waals surface area contributed by atoms with Crippen molar-refractivity contribution in [2.24, 2.45) is 0 Å². The van der Waals surface area contributed by atoms with Crippen molar-refractivity contribution < 1.29 is 10.0 Å². The second-order valence-electron chi connectivity index (χ2n) is 3.38. The van der Waals surface area contributed by atoms with Gasteiger partial charge in [0, 0.05) is 23.2 Å². The van der Waals surface area contributed by atoms with Crippen molar-refractivity contribution >= 4 is 16.6 Å². The van der Waals surface area contributed by atoms with Crippen LogP contribution >= 0.6 is 0 Å². The van der Waals surface area contributed by atoms with Crippen LogP contribution < -0.4 is 0 Å². The Labute approximate surface area is 85.5 Å². The third kappa shape index (κ3) is 1.46. The minimum Gasteiger partial charge on any atom is -0.389 e. The van der Waals surface area contributed by atoms with E-state index in [4.69, 9.17) is 0 Å². The molecule has 0 aliphatic carbocycles. The summed E-state index contributed by atoms with van der Waals surface area (Å²) in [6.07, 6.45) is 0.961. The number of benzene rings is 1. The molecule has 0 aliphatic heterocycles. The number of hydrogen-bond donors (Lipinski definition) is 2. The Morgan fingerprint density at radius 2 is 2.27 bits per heavy atom. The molecule has 1 atom stereocenters. The highest BCUT2D eigenvalue weighted by atomic mass is 16.6. The molecule has 15 heavy (non-hydrogen) atoms. The van der Waals surface area contributed by atoms with Crippen molar-refractivity contribution in [2.45, 2.75) is 13.0 Å². The molecule has 0 saturated carbocycles. The summed E-state index contributed by atoms with van der Waals surface area (Å²) in [5.74, 6) is 0. The summed E-state index contributed by atoms with van der Waals surface area (Å²) < 4.78 is 0. The molecular formula is C10H10N2O3. The van der Waals surface area contributed by atoms with Crippen molar-refractivity contribution in [3.63, 3.8) is 0 Å². The van der Waals surface area contributed by atoms with Gasteiger partial charge in [-0.05, 0) is 6.92 Å². The molecule has 5 heteroatoms. The second kappa shape index (κ2) is 3.36. The van der Waals surface area contributed by atoms with Crippen molar-refractivity contribution in [1.29, 1.82) is 0 Å². The topological polar surface area (TPSA) is 79.2 Å². The van der Waals surface area contributed by atoms with E-state index in [2.05, 4.69) is 4.98 Å². The zero-order valence-electron chi connectivity index (χ0n) is 8.10. The van der Waals surface area contributed by atoms with Crippen LogP contribution in [0.1, 0.15) is 18.6 Å². The molecular weight excluding hydrogens is 196 g/mol. The third-order valence-electron chi connectivity index (χ3n) is 2.37. The maximum absolute atomic E-state index is 10.7. The van der Waals surface area contributed by atoms with Gasteiger partial charge < -0.3 is 10.1 Å². The van der Waals surface area contributed by atoms with Crippen LogP contribution in [-0.2, 0) is 0 Å². The van der Waals surface area contributed by atoms with Gasteiger partial charge in [-0.3, -0.25) is 10.1 Å². The third-order valence-corrected chi connectivity index (χ3v) is 2.37. The van der Waals surface area contributed by atoms with E-state index in [0.29, 0.717) is 16.5 Å². The van der Waals surface area contributed by atoms with Crippen molar-refractivity contribution in [2.75, 3.05) is 0 Å². The fourth-order valence-electron chi connectivity index (χ4n) is 1.66. The van der Waals surface area contributed by atoms with Gasteiger partial charge in [0.2, 0.25) is 0 Å². The number of aliphatic hydroxyl groups is 1. The Hall–Kier alpha value is -1.88. The highest BCUT2D eigenvalue weighted by molar-refractivity contribution is 5.90. The number of aromatic amines is 1. The molecule has 1 aromatic heterocycles. The van der Waals surface area contributed by atoms with Crippen LogP contribution in [0.15, 0.2) is 24.4 Å². The van der Waals surface area contributed by atoms with Gasteiger partial charge in [-0.1, -0.05) is 12.1 Å². The lowest BCUT2D eigenvalue weighted by molar-refractivity contribution is -0.383. The highest BCUT2D eigenvalue weighted by Crippen LogP contribution is 2.29. The first-order valence-corrected chi connectivity index (χ1v) is 4.53. The van der Waals surface area contributed by atoms with Crippen LogP contribution in [0.5, 0.6) is 0 Å². The number of nitrogens with zero attached hydrogens (tertiary/aromatic N) is 1. The quantitative estimate of drug-likeness (QED) is 0.583. The largest absolute Gasteiger partial charge is 0.389 e. The summed E-state index contributed by atoms with van der Waals surface area (Å²) in [6.45, 7) is 1.63. The number of nitrogens with one attached hydrogen (secondary N) is 1. The van der Waals surface area contributed by atoms with Gasteiger partial charge in [-0.25, -0.2) is 0 Å². The van der Waals surface area contributed by atoms with E-state index < -0.39 is 11.0 Å². The number of rotatable bonds is 2. The molecule has 2 aromatic rings. The van der Waals surface area contributed by atoms with Gasteiger partial charge in [0.1, 0.15) is 5.52 Å². The number of nitro benzene ring substituents is 1. The predicted octanol–water partition coefficient (Wildman–Crippen LogP) is 2.13. The van der Waals surface area contributed by atoms with Crippen LogP contribution in [0, 0.1) is 10.1 Å². The Morgan fingerprint density at radius 1 is 1.53 bits per heavy atom. The van der Waals surface area contributed by atoms with Crippen LogP contribution in [0.25, 0.3) is 10.9 Å². The van der Waals surface area contributed by atoms with E-state index in [1.807, 2.05) is 0 Å². The molecule has 2 rings (SSSR count). The number of hydrogen-bond acceptors (Lipinski definition) is 3. The Bertz CT molecular complexity index is 516. The van der Waals surface area contributed by atoms with E-state index in [1.54, 1.807) is 25.3 Å². The smallest absolute Gasteiger partial charge is 0.293 e. The summed E-state index contributed by atoms with van der Waals surface area (Å²) in [7, 11) is 0. The summed E-state index contributed by atoms with van der Waals surface area (Å²) in [4.78, 5) is 13.1. The van der Waals surface area contributed by atoms with E-state index >= 15 is 0 Å². The van der Waals surface area contributed by atoms with Gasteiger partial charge in [0.15, 0.2) is 0 Å². The summed E-state index contributed by atoms with van der Waals surface area (Å²) in [5.41, 5.74) is 1.16. The van der Waals surface area contributed by atoms with Crippen molar-refractivity contribution in [3.05, 3.63) is 40.1 Å². The monoisotopic (exact) mass is 206 g/mol. The number of nitro groups is 1. The highest BCUT2D eigenvalue weighted by Gasteiger charge is 2.16. The lowest BCUT2D eigenvalue weighted by Crippen LogP contribution is -1.90. The molecule has 0 saturated heterocycles. The summed E-state index contributed by atoms with van der Waals surface area (Å²) in [6, 6.07) is 4.80. The van der Waals surface area contributed by atoms with E-state index in [1.165, 1.54) is 6.07 Å². The molecule has 78 valence electrons. The molecule has 0 amide bonds. The molecule has 0 fully saturated rings. The van der Waals surface area contributed by atoms with Gasteiger partial charge in [0.25, 0.3) is 5.69 Å². The zero-order valence-corrected chi connectivity index (χ0v) is 8.10. The molecule has 1 aromatic carbocycles. The van der Waals surface area contributed by atoms with E-state index in [0.717, 1.165) is 0 Å². The number of H-pyrrole nitrogens is 1. The first-order valence-electron chi connectivity index (χ1n) is 4.53. The normalized spacial score (nSPS) is 12.9. The van der Waals surface area contributed by atoms with Crippen LogP contribution in [0.2, 0.25) is 0 Å². The number of para-hydroxylation sites is 1. The molecule has 1 heterocycles. The van der Waals surface area contributed by atoms with E-state index in [9.17, 15) is 15.2 Å². The number of aliphatic hydroxyl groups excluding tert-OH is 1. The molecule has 5 nitrogen and oxygen atoms in total. The minimum absolute atomic E-state index is 0.0272. The van der Waals surface area contributed by atoms with Crippen molar-refractivity contribution in [3.8, 4) is 0 Å². The SMILES string of the molecule is C[C@H](O)c1c[nH]c2c([N+](=O)[O-])cccc12. The maximum atomic E-state index is 10.7. The average Bonchev–Trinajstić information content (AvgIpc) is 2.59. The molecule has 0 unspecified atom stereocenters. The lowest BCUT2D eigenvalue weighted by atomic mass is 10.1. The van der Waals surface area contributed by atoms with Gasteiger partial charge in [0.05, 0.1) is 11.0 Å². The average molecular weight is 206 g/mol. The molecule has 0 aliphatic rings. The van der Waals surface area contributed by atoms with Crippen molar-refractivity contribution in [1.82, 2.24) is 4.98 Å². The molecule has 2 N–H and O–H groups in total. The first-order chi connectivity index (χ1) is 7.11. The number of aromatic nitrogens is 1. The standard InChI is InChI=1S/C10H10N2O3/c1-6(13)8-5-11-10-7(8)3-2-4-9(10)12(14)15/h2-6,11,13H,1H3/t6-/m0/s1. The first kappa shape index (κ1) is 9.67. The minimum atomic E-state index is -0.638. The fraction of sp³-hybridized carbons (Fsp3) is 0.200. The Morgan fingerprint density at radius 3 is 2.87 bits per heavy atom. The van der Waals surface area contributed by atoms with Gasteiger partial charge >= 0.3 is 0 Å². The van der Waals surface area contributed by atoms with E-state index in [-0.39, 0.29) is 5.69 Å².